The fourth-order valence-electron chi connectivity index (χ4n) is 3.03. The molecule has 0 unspecified atom stereocenters. The minimum atomic E-state index is -0.400. The summed E-state index contributed by atoms with van der Waals surface area (Å²) in [5, 5.41) is 9.42. The molecule has 0 aliphatic rings. The Balaban J connectivity index is 1.36. The van der Waals surface area contributed by atoms with E-state index in [0.29, 0.717) is 29.3 Å². The van der Waals surface area contributed by atoms with Crippen molar-refractivity contribution < 1.29 is 18.8 Å². The van der Waals surface area contributed by atoms with Crippen molar-refractivity contribution in [2.45, 2.75) is 6.92 Å². The third-order valence-corrected chi connectivity index (χ3v) is 4.63. The van der Waals surface area contributed by atoms with Crippen LogP contribution >= 0.6 is 0 Å². The monoisotopic (exact) mass is 427 g/mol. The number of hydrogen-bond donors (Lipinski definition) is 2. The summed E-state index contributed by atoms with van der Waals surface area (Å²) in [7, 11) is 0. The van der Waals surface area contributed by atoms with Gasteiger partial charge in [-0.25, -0.2) is 0 Å². The third kappa shape index (κ3) is 5.02. The van der Waals surface area contributed by atoms with Gasteiger partial charge < -0.3 is 19.9 Å². The molecular weight excluding hydrogens is 406 g/mol. The lowest BCUT2D eigenvalue weighted by atomic mass is 10.1. The Morgan fingerprint density at radius 3 is 2.12 bits per heavy atom. The maximum atomic E-state index is 12.5. The Morgan fingerprint density at radius 1 is 0.844 bits per heavy atom. The number of nitrogens with one attached hydrogen (secondary N) is 2. The number of rotatable bonds is 7. The summed E-state index contributed by atoms with van der Waals surface area (Å²) in [6.07, 6.45) is 0. The van der Waals surface area contributed by atoms with Crippen LogP contribution in [0.5, 0.6) is 5.75 Å². The smallest absolute Gasteiger partial charge is 0.277 e. The molecule has 2 N–H and O–H groups in total. The molecule has 2 amide bonds. The maximum absolute atomic E-state index is 12.5. The Morgan fingerprint density at radius 2 is 1.47 bits per heavy atom. The standard InChI is InChI=1S/C25H21N3O4/c1-2-31-21-14-12-20(13-15-21)26-24(29)18-8-10-19(11-9-18)27-25(30)22-16-23(32-28-22)17-6-4-3-5-7-17/h3-16H,2H2,1H3,(H,26,29)(H,27,30). The lowest BCUT2D eigenvalue weighted by Gasteiger charge is -2.08. The zero-order valence-corrected chi connectivity index (χ0v) is 17.4. The first-order valence-corrected chi connectivity index (χ1v) is 10.1. The highest BCUT2D eigenvalue weighted by molar-refractivity contribution is 6.06. The number of hydrogen-bond acceptors (Lipinski definition) is 5. The van der Waals surface area contributed by atoms with Crippen LogP contribution in [-0.4, -0.2) is 23.6 Å². The normalized spacial score (nSPS) is 10.4. The molecule has 7 heteroatoms. The van der Waals surface area contributed by atoms with Crippen molar-refractivity contribution in [1.82, 2.24) is 5.16 Å². The van der Waals surface area contributed by atoms with Crippen LogP contribution in [0.3, 0.4) is 0 Å². The van der Waals surface area contributed by atoms with Gasteiger partial charge in [0.15, 0.2) is 11.5 Å². The Labute approximate surface area is 185 Å². The van der Waals surface area contributed by atoms with E-state index >= 15 is 0 Å². The van der Waals surface area contributed by atoms with E-state index in [1.807, 2.05) is 37.3 Å². The number of aromatic nitrogens is 1. The van der Waals surface area contributed by atoms with E-state index in [-0.39, 0.29) is 11.6 Å². The number of nitrogens with zero attached hydrogens (tertiary/aromatic N) is 1. The molecule has 7 nitrogen and oxygen atoms in total. The Kier molecular flexibility index (Phi) is 6.27. The van der Waals surface area contributed by atoms with Crippen LogP contribution in [0.2, 0.25) is 0 Å². The molecule has 0 aliphatic heterocycles. The summed E-state index contributed by atoms with van der Waals surface area (Å²) in [6.45, 7) is 2.49. The molecule has 4 rings (SSSR count). The zero-order valence-electron chi connectivity index (χ0n) is 17.4. The number of amides is 2. The molecule has 0 bridgehead atoms. The van der Waals surface area contributed by atoms with Gasteiger partial charge in [-0.2, -0.15) is 0 Å². The van der Waals surface area contributed by atoms with Gasteiger partial charge in [-0.1, -0.05) is 35.5 Å². The number of carbonyl (C=O) groups excluding carboxylic acids is 2. The molecule has 0 atom stereocenters. The van der Waals surface area contributed by atoms with Crippen molar-refractivity contribution in [1.29, 1.82) is 0 Å². The van der Waals surface area contributed by atoms with Crippen LogP contribution in [0.4, 0.5) is 11.4 Å². The molecule has 0 spiro atoms. The second-order valence-corrected chi connectivity index (χ2v) is 6.89. The molecule has 4 aromatic rings. The summed E-state index contributed by atoms with van der Waals surface area (Å²) < 4.78 is 10.7. The maximum Gasteiger partial charge on any atom is 0.277 e. The predicted octanol–water partition coefficient (Wildman–Crippen LogP) is 5.24. The van der Waals surface area contributed by atoms with Gasteiger partial charge in [0.1, 0.15) is 5.75 Å². The Hall–Kier alpha value is -4.39. The minimum absolute atomic E-state index is 0.168. The summed E-state index contributed by atoms with van der Waals surface area (Å²) >= 11 is 0. The first kappa shape index (κ1) is 20.9. The van der Waals surface area contributed by atoms with Gasteiger partial charge in [-0.3, -0.25) is 9.59 Å². The van der Waals surface area contributed by atoms with Crippen molar-refractivity contribution in [2.75, 3.05) is 17.2 Å². The molecule has 160 valence electrons. The summed E-state index contributed by atoms with van der Waals surface area (Å²) in [5.74, 6) is 0.601. The summed E-state index contributed by atoms with van der Waals surface area (Å²) in [6, 6.07) is 24.7. The highest BCUT2D eigenvalue weighted by Gasteiger charge is 2.14. The quantitative estimate of drug-likeness (QED) is 0.420. The molecule has 1 heterocycles. The molecule has 0 radical (unpaired) electrons. The van der Waals surface area contributed by atoms with Crippen LogP contribution in [0, 0.1) is 0 Å². The second kappa shape index (κ2) is 9.61. The lowest BCUT2D eigenvalue weighted by molar-refractivity contribution is 0.101. The van der Waals surface area contributed by atoms with E-state index in [4.69, 9.17) is 9.26 Å². The van der Waals surface area contributed by atoms with Crippen LogP contribution < -0.4 is 15.4 Å². The molecule has 0 saturated heterocycles. The molecule has 0 fully saturated rings. The molecular formula is C25H21N3O4. The van der Waals surface area contributed by atoms with E-state index < -0.39 is 5.91 Å². The highest BCUT2D eigenvalue weighted by Crippen LogP contribution is 2.21. The van der Waals surface area contributed by atoms with Crippen LogP contribution in [-0.2, 0) is 0 Å². The van der Waals surface area contributed by atoms with E-state index in [1.165, 1.54) is 0 Å². The molecule has 1 aromatic heterocycles. The van der Waals surface area contributed by atoms with Crippen molar-refractivity contribution in [3.8, 4) is 17.1 Å². The van der Waals surface area contributed by atoms with Gasteiger partial charge in [0, 0.05) is 28.6 Å². The molecule has 0 aliphatic carbocycles. The van der Waals surface area contributed by atoms with Crippen molar-refractivity contribution >= 4 is 23.2 Å². The average molecular weight is 427 g/mol. The van der Waals surface area contributed by atoms with E-state index in [1.54, 1.807) is 54.6 Å². The van der Waals surface area contributed by atoms with E-state index in [2.05, 4.69) is 15.8 Å². The van der Waals surface area contributed by atoms with Gasteiger partial charge in [0.05, 0.1) is 6.61 Å². The first-order valence-electron chi connectivity index (χ1n) is 10.1. The summed E-state index contributed by atoms with van der Waals surface area (Å²) in [5.41, 5.74) is 2.67. The molecule has 0 saturated carbocycles. The van der Waals surface area contributed by atoms with E-state index in [9.17, 15) is 9.59 Å². The fraction of sp³-hybridized carbons (Fsp3) is 0.0800. The summed E-state index contributed by atoms with van der Waals surface area (Å²) in [4.78, 5) is 24.9. The van der Waals surface area contributed by atoms with Crippen molar-refractivity contribution in [3.05, 3.63) is 96.2 Å². The van der Waals surface area contributed by atoms with Crippen molar-refractivity contribution in [2.24, 2.45) is 0 Å². The zero-order chi connectivity index (χ0) is 22.3. The van der Waals surface area contributed by atoms with Crippen LogP contribution in [0.15, 0.2) is 89.5 Å². The molecule has 3 aromatic carbocycles. The molecule has 32 heavy (non-hydrogen) atoms. The van der Waals surface area contributed by atoms with Crippen LogP contribution in [0.25, 0.3) is 11.3 Å². The van der Waals surface area contributed by atoms with Gasteiger partial charge in [0.2, 0.25) is 0 Å². The third-order valence-electron chi connectivity index (χ3n) is 4.63. The van der Waals surface area contributed by atoms with Crippen LogP contribution in [0.1, 0.15) is 27.8 Å². The highest BCUT2D eigenvalue weighted by atomic mass is 16.5. The van der Waals surface area contributed by atoms with Gasteiger partial charge in [-0.05, 0) is 55.5 Å². The number of anilines is 2. The largest absolute Gasteiger partial charge is 0.494 e. The fourth-order valence-corrected chi connectivity index (χ4v) is 3.03. The SMILES string of the molecule is CCOc1ccc(NC(=O)c2ccc(NC(=O)c3cc(-c4ccccc4)on3)cc2)cc1. The van der Waals surface area contributed by atoms with E-state index in [0.717, 1.165) is 11.3 Å². The number of ether oxygens (including phenoxy) is 1. The number of benzene rings is 3. The van der Waals surface area contributed by atoms with Gasteiger partial charge >= 0.3 is 0 Å². The average Bonchev–Trinajstić information content (AvgIpc) is 3.32. The topological polar surface area (TPSA) is 93.5 Å². The first-order chi connectivity index (χ1) is 15.6. The van der Waals surface area contributed by atoms with Gasteiger partial charge in [0.25, 0.3) is 11.8 Å². The number of carbonyl (C=O) groups is 2. The predicted molar refractivity (Wildman–Crippen MR) is 122 cm³/mol. The Bertz CT molecular complexity index is 1200. The minimum Gasteiger partial charge on any atom is -0.494 e. The second-order valence-electron chi connectivity index (χ2n) is 6.89. The lowest BCUT2D eigenvalue weighted by Crippen LogP contribution is -2.14. The van der Waals surface area contributed by atoms with Gasteiger partial charge in [-0.15, -0.1) is 0 Å². The van der Waals surface area contributed by atoms with Crippen molar-refractivity contribution in [3.63, 3.8) is 0 Å².